The van der Waals surface area contributed by atoms with Crippen molar-refractivity contribution in [1.82, 2.24) is 9.88 Å². The Bertz CT molecular complexity index is 803. The van der Waals surface area contributed by atoms with E-state index in [4.69, 9.17) is 14.2 Å². The van der Waals surface area contributed by atoms with E-state index in [0.29, 0.717) is 43.2 Å². The third kappa shape index (κ3) is 4.78. The summed E-state index contributed by atoms with van der Waals surface area (Å²) in [5.41, 5.74) is 2.83. The molecule has 0 saturated carbocycles. The Morgan fingerprint density at radius 1 is 1.28 bits per heavy atom. The molecule has 1 aromatic rings. The van der Waals surface area contributed by atoms with Gasteiger partial charge in [-0.15, -0.1) is 0 Å². The highest BCUT2D eigenvalue weighted by Crippen LogP contribution is 2.34. The van der Waals surface area contributed by atoms with Crippen LogP contribution < -0.4 is 9.47 Å². The molecule has 0 aromatic carbocycles. The van der Waals surface area contributed by atoms with Crippen LogP contribution in [0.5, 0.6) is 11.6 Å². The summed E-state index contributed by atoms with van der Waals surface area (Å²) in [6.45, 7) is 9.45. The van der Waals surface area contributed by atoms with Crippen LogP contribution >= 0.6 is 0 Å². The average molecular weight is 403 g/mol. The lowest BCUT2D eigenvalue weighted by molar-refractivity contribution is 0.00797. The van der Waals surface area contributed by atoms with Crippen LogP contribution in [0.1, 0.15) is 51.8 Å². The summed E-state index contributed by atoms with van der Waals surface area (Å²) in [6.07, 6.45) is 5.24. The molecule has 158 valence electrons. The van der Waals surface area contributed by atoms with E-state index >= 15 is 0 Å². The lowest BCUT2D eigenvalue weighted by Gasteiger charge is -2.36. The molecule has 0 spiro atoms. The number of dihydropyridines is 1. The van der Waals surface area contributed by atoms with Crippen molar-refractivity contribution in [3.63, 3.8) is 0 Å². The number of ether oxygens (including phenoxy) is 3. The van der Waals surface area contributed by atoms with E-state index in [0.717, 1.165) is 38.1 Å². The minimum atomic E-state index is -0.337. The molecule has 3 aliphatic rings. The fraction of sp³-hybridized carbons (Fsp3) is 0.636. The minimum Gasteiger partial charge on any atom is -0.484 e. The first-order valence-electron chi connectivity index (χ1n) is 10.5. The second kappa shape index (κ2) is 8.79. The van der Waals surface area contributed by atoms with Crippen LogP contribution in [0.15, 0.2) is 22.7 Å². The van der Waals surface area contributed by atoms with E-state index < -0.39 is 0 Å². The maximum atomic E-state index is 14.6. The molecule has 4 heterocycles. The molecule has 6 nitrogen and oxygen atoms in total. The molecule has 29 heavy (non-hydrogen) atoms. The van der Waals surface area contributed by atoms with Crippen molar-refractivity contribution in [3.8, 4) is 11.6 Å². The van der Waals surface area contributed by atoms with Crippen LogP contribution in [-0.4, -0.2) is 60.7 Å². The first-order chi connectivity index (χ1) is 14.0. The number of hydrogen-bond acceptors (Lipinski definition) is 6. The highest BCUT2D eigenvalue weighted by atomic mass is 19.1. The largest absolute Gasteiger partial charge is 0.484 e. The van der Waals surface area contributed by atoms with E-state index in [-0.39, 0.29) is 18.0 Å². The van der Waals surface area contributed by atoms with E-state index in [1.165, 1.54) is 11.6 Å². The maximum Gasteiger partial charge on any atom is 0.257 e. The number of nitrogens with zero attached hydrogens (tertiary/aromatic N) is 3. The number of rotatable bonds is 5. The molecule has 1 fully saturated rings. The van der Waals surface area contributed by atoms with Crippen molar-refractivity contribution < 1.29 is 18.6 Å². The second-order valence-corrected chi connectivity index (χ2v) is 8.20. The molecule has 4 rings (SSSR count). The van der Waals surface area contributed by atoms with Crippen LogP contribution in [0, 0.1) is 5.82 Å². The number of likely N-dealkylation sites (tertiary alicyclic amines) is 1. The number of halogens is 1. The summed E-state index contributed by atoms with van der Waals surface area (Å²) in [5.74, 6) is 0.450. The van der Waals surface area contributed by atoms with Gasteiger partial charge in [-0.05, 0) is 51.7 Å². The Hall–Kier alpha value is -1.99. The van der Waals surface area contributed by atoms with Gasteiger partial charge in [0.1, 0.15) is 19.0 Å². The molecular weight excluding hydrogens is 373 g/mol. The van der Waals surface area contributed by atoms with Crippen molar-refractivity contribution >= 4 is 5.71 Å². The summed E-state index contributed by atoms with van der Waals surface area (Å²) in [6, 6.07) is 1.62. The van der Waals surface area contributed by atoms with Crippen LogP contribution in [0.4, 0.5) is 4.39 Å². The number of aromatic nitrogens is 1. The molecule has 0 N–H and O–H groups in total. The predicted molar refractivity (Wildman–Crippen MR) is 109 cm³/mol. The number of pyridine rings is 1. The van der Waals surface area contributed by atoms with E-state index in [1.54, 1.807) is 0 Å². The van der Waals surface area contributed by atoms with Crippen LogP contribution in [-0.2, 0) is 4.74 Å². The van der Waals surface area contributed by atoms with E-state index in [9.17, 15) is 4.39 Å². The van der Waals surface area contributed by atoms with Gasteiger partial charge < -0.3 is 14.2 Å². The SMILES string of the molecule is CC1=NC(C)CC(COC2CCN(C(C)c3nc4c(cc3F)OCCO4)CC2)=C1. The Morgan fingerprint density at radius 3 is 2.79 bits per heavy atom. The number of piperidine rings is 1. The van der Waals surface area contributed by atoms with Gasteiger partial charge in [0, 0.05) is 24.9 Å². The molecule has 1 saturated heterocycles. The topological polar surface area (TPSA) is 56.2 Å². The minimum absolute atomic E-state index is 0.118. The molecule has 0 bridgehead atoms. The monoisotopic (exact) mass is 403 g/mol. The first kappa shape index (κ1) is 20.3. The lowest BCUT2D eigenvalue weighted by Crippen LogP contribution is -2.39. The lowest BCUT2D eigenvalue weighted by atomic mass is 10.0. The fourth-order valence-electron chi connectivity index (χ4n) is 4.35. The third-order valence-corrected chi connectivity index (χ3v) is 5.83. The zero-order valence-electron chi connectivity index (χ0n) is 17.5. The molecule has 0 aliphatic carbocycles. The zero-order valence-corrected chi connectivity index (χ0v) is 17.5. The first-order valence-corrected chi connectivity index (χ1v) is 10.5. The van der Waals surface area contributed by atoms with Crippen LogP contribution in [0.25, 0.3) is 0 Å². The molecule has 2 atom stereocenters. The van der Waals surface area contributed by atoms with Crippen molar-refractivity contribution in [3.05, 3.63) is 29.2 Å². The third-order valence-electron chi connectivity index (χ3n) is 5.83. The van der Waals surface area contributed by atoms with Gasteiger partial charge in [0.05, 0.1) is 30.5 Å². The zero-order chi connectivity index (χ0) is 20.4. The number of aliphatic imine (C=N–C) groups is 1. The van der Waals surface area contributed by atoms with Crippen LogP contribution in [0.3, 0.4) is 0 Å². The van der Waals surface area contributed by atoms with Gasteiger partial charge in [-0.1, -0.05) is 0 Å². The quantitative estimate of drug-likeness (QED) is 0.750. The van der Waals surface area contributed by atoms with Gasteiger partial charge >= 0.3 is 0 Å². The standard InChI is InChI=1S/C22H30FN3O3/c1-14-10-17(11-15(2)24-14)13-29-18-4-6-26(7-5-18)16(3)21-19(23)12-20-22(25-21)28-9-8-27-20/h10,12,15-16,18H,4-9,11,13H2,1-3H3. The number of fused-ring (bicyclic) bond motifs is 1. The van der Waals surface area contributed by atoms with Crippen molar-refractivity contribution in [2.75, 3.05) is 32.9 Å². The van der Waals surface area contributed by atoms with E-state index in [1.807, 2.05) is 13.8 Å². The Kier molecular flexibility index (Phi) is 6.15. The molecule has 1 aromatic heterocycles. The van der Waals surface area contributed by atoms with E-state index in [2.05, 4.69) is 27.9 Å². The van der Waals surface area contributed by atoms with Gasteiger partial charge in [-0.25, -0.2) is 9.37 Å². The van der Waals surface area contributed by atoms with Crippen molar-refractivity contribution in [2.45, 2.75) is 58.2 Å². The van der Waals surface area contributed by atoms with Gasteiger partial charge in [0.2, 0.25) is 0 Å². The summed E-state index contributed by atoms with van der Waals surface area (Å²) >= 11 is 0. The molecular formula is C22H30FN3O3. The van der Waals surface area contributed by atoms with Crippen molar-refractivity contribution in [1.29, 1.82) is 0 Å². The number of allylic oxidation sites excluding steroid dienone is 1. The van der Waals surface area contributed by atoms with Gasteiger partial charge in [0.15, 0.2) is 5.75 Å². The Balaban J connectivity index is 1.31. The summed E-state index contributed by atoms with van der Waals surface area (Å²) in [5, 5.41) is 0. The molecule has 7 heteroatoms. The summed E-state index contributed by atoms with van der Waals surface area (Å²) < 4.78 is 31.7. The molecule has 3 aliphatic heterocycles. The smallest absolute Gasteiger partial charge is 0.257 e. The van der Waals surface area contributed by atoms with Crippen LogP contribution in [0.2, 0.25) is 0 Å². The summed E-state index contributed by atoms with van der Waals surface area (Å²) in [7, 11) is 0. The van der Waals surface area contributed by atoms with Gasteiger partial charge in [-0.2, -0.15) is 0 Å². The molecule has 0 amide bonds. The normalized spacial score (nSPS) is 24.1. The highest BCUT2D eigenvalue weighted by molar-refractivity contribution is 5.94. The fourth-order valence-corrected chi connectivity index (χ4v) is 4.35. The average Bonchev–Trinajstić information content (AvgIpc) is 2.71. The Morgan fingerprint density at radius 2 is 2.03 bits per heavy atom. The molecule has 0 radical (unpaired) electrons. The highest BCUT2D eigenvalue weighted by Gasteiger charge is 2.28. The molecule has 2 unspecified atom stereocenters. The van der Waals surface area contributed by atoms with Gasteiger partial charge in [-0.3, -0.25) is 9.89 Å². The maximum absolute atomic E-state index is 14.6. The number of hydrogen-bond donors (Lipinski definition) is 0. The predicted octanol–water partition coefficient (Wildman–Crippen LogP) is 3.71. The second-order valence-electron chi connectivity index (χ2n) is 8.20. The van der Waals surface area contributed by atoms with Gasteiger partial charge in [0.25, 0.3) is 5.88 Å². The van der Waals surface area contributed by atoms with Crippen molar-refractivity contribution in [2.24, 2.45) is 4.99 Å². The Labute approximate surface area is 171 Å². The summed E-state index contributed by atoms with van der Waals surface area (Å²) in [4.78, 5) is 11.2.